The van der Waals surface area contributed by atoms with E-state index in [1.807, 2.05) is 0 Å². The van der Waals surface area contributed by atoms with Gasteiger partial charge in [-0.15, -0.1) is 0 Å². The second kappa shape index (κ2) is 5.66. The minimum Gasteiger partial charge on any atom is -0.496 e. The molecule has 1 N–H and O–H groups in total. The number of carbonyl (C=O) groups is 1. The van der Waals surface area contributed by atoms with Gasteiger partial charge in [-0.25, -0.2) is 5.48 Å². The molecule has 0 aliphatic heterocycles. The van der Waals surface area contributed by atoms with Gasteiger partial charge < -0.3 is 4.74 Å². The van der Waals surface area contributed by atoms with Crippen LogP contribution in [0.5, 0.6) is 5.75 Å². The zero-order valence-electron chi connectivity index (χ0n) is 11.2. The standard InChI is InChI=1S/C12H16N2O5/c1-12(2,3)19-13-11(15)9-6-5-8(14(16)17)7-10(9)18-4/h5-7H,1-4H3,(H,13,15). The molecule has 0 unspecified atom stereocenters. The van der Waals surface area contributed by atoms with Crippen molar-refractivity contribution in [3.8, 4) is 5.75 Å². The number of hydrogen-bond acceptors (Lipinski definition) is 5. The maximum atomic E-state index is 11.9. The van der Waals surface area contributed by atoms with Crippen molar-refractivity contribution >= 4 is 11.6 Å². The molecule has 1 aromatic carbocycles. The summed E-state index contributed by atoms with van der Waals surface area (Å²) >= 11 is 0. The highest BCUT2D eigenvalue weighted by molar-refractivity contribution is 5.96. The molecule has 0 fully saturated rings. The largest absolute Gasteiger partial charge is 0.496 e. The SMILES string of the molecule is COc1cc([N+](=O)[O-])ccc1C(=O)NOC(C)(C)C. The number of ether oxygens (including phenoxy) is 1. The van der Waals surface area contributed by atoms with Gasteiger partial charge in [-0.3, -0.25) is 19.7 Å². The van der Waals surface area contributed by atoms with E-state index in [0.29, 0.717) is 0 Å². The molecular weight excluding hydrogens is 252 g/mol. The van der Waals surface area contributed by atoms with Crippen LogP contribution in [-0.4, -0.2) is 23.5 Å². The first kappa shape index (κ1) is 14.9. The van der Waals surface area contributed by atoms with Crippen molar-refractivity contribution in [2.24, 2.45) is 0 Å². The summed E-state index contributed by atoms with van der Waals surface area (Å²) in [6.07, 6.45) is 0. The van der Waals surface area contributed by atoms with E-state index in [2.05, 4.69) is 5.48 Å². The molecule has 0 radical (unpaired) electrons. The lowest BCUT2D eigenvalue weighted by atomic mass is 10.1. The Morgan fingerprint density at radius 3 is 2.47 bits per heavy atom. The molecule has 0 saturated heterocycles. The molecule has 7 heteroatoms. The van der Waals surface area contributed by atoms with E-state index in [1.165, 1.54) is 25.3 Å². The van der Waals surface area contributed by atoms with E-state index in [-0.39, 0.29) is 17.0 Å². The van der Waals surface area contributed by atoms with Crippen molar-refractivity contribution in [3.05, 3.63) is 33.9 Å². The Kier molecular flexibility index (Phi) is 4.44. The summed E-state index contributed by atoms with van der Waals surface area (Å²) < 4.78 is 4.97. The molecule has 0 saturated carbocycles. The molecule has 1 amide bonds. The summed E-state index contributed by atoms with van der Waals surface area (Å²) in [5.41, 5.74) is 1.75. The minimum atomic E-state index is -0.560. The molecule has 0 aromatic heterocycles. The van der Waals surface area contributed by atoms with Gasteiger partial charge >= 0.3 is 0 Å². The van der Waals surface area contributed by atoms with Gasteiger partial charge in [0.05, 0.1) is 29.3 Å². The minimum absolute atomic E-state index is 0.115. The fourth-order valence-corrected chi connectivity index (χ4v) is 1.24. The highest BCUT2D eigenvalue weighted by atomic mass is 16.7. The Morgan fingerprint density at radius 1 is 1.37 bits per heavy atom. The molecule has 104 valence electrons. The summed E-state index contributed by atoms with van der Waals surface area (Å²) in [6.45, 7) is 5.33. The molecule has 0 heterocycles. The number of benzene rings is 1. The second-order valence-corrected chi connectivity index (χ2v) is 4.79. The van der Waals surface area contributed by atoms with Gasteiger partial charge in [0.25, 0.3) is 11.6 Å². The van der Waals surface area contributed by atoms with Crippen molar-refractivity contribution in [2.75, 3.05) is 7.11 Å². The van der Waals surface area contributed by atoms with Crippen molar-refractivity contribution < 1.29 is 19.3 Å². The third kappa shape index (κ3) is 4.22. The first-order valence-electron chi connectivity index (χ1n) is 5.55. The predicted octanol–water partition coefficient (Wildman–Crippen LogP) is 2.06. The summed E-state index contributed by atoms with van der Waals surface area (Å²) in [4.78, 5) is 27.1. The Hall–Kier alpha value is -2.15. The molecule has 0 atom stereocenters. The lowest BCUT2D eigenvalue weighted by Gasteiger charge is -2.19. The molecule has 0 aliphatic carbocycles. The number of rotatable bonds is 4. The van der Waals surface area contributed by atoms with Crippen LogP contribution in [0.2, 0.25) is 0 Å². The van der Waals surface area contributed by atoms with E-state index in [1.54, 1.807) is 20.8 Å². The van der Waals surface area contributed by atoms with Crippen LogP contribution in [0.4, 0.5) is 5.69 Å². The van der Waals surface area contributed by atoms with Crippen molar-refractivity contribution in [1.82, 2.24) is 5.48 Å². The van der Waals surface area contributed by atoms with E-state index >= 15 is 0 Å². The Balaban J connectivity index is 2.94. The zero-order valence-corrected chi connectivity index (χ0v) is 11.2. The molecule has 7 nitrogen and oxygen atoms in total. The second-order valence-electron chi connectivity index (χ2n) is 4.79. The van der Waals surface area contributed by atoms with Gasteiger partial charge in [0, 0.05) is 6.07 Å². The van der Waals surface area contributed by atoms with Crippen LogP contribution in [0.1, 0.15) is 31.1 Å². The van der Waals surface area contributed by atoms with E-state index in [0.717, 1.165) is 0 Å². The molecule has 19 heavy (non-hydrogen) atoms. The van der Waals surface area contributed by atoms with Gasteiger partial charge in [0.1, 0.15) is 5.75 Å². The smallest absolute Gasteiger partial charge is 0.278 e. The molecule has 0 bridgehead atoms. The van der Waals surface area contributed by atoms with Gasteiger partial charge in [-0.1, -0.05) is 0 Å². The number of methoxy groups -OCH3 is 1. The lowest BCUT2D eigenvalue weighted by molar-refractivity contribution is -0.384. The number of hydrogen-bond donors (Lipinski definition) is 1. The number of carbonyl (C=O) groups excluding carboxylic acids is 1. The van der Waals surface area contributed by atoms with Crippen LogP contribution < -0.4 is 10.2 Å². The summed E-state index contributed by atoms with van der Waals surface area (Å²) in [7, 11) is 1.33. The van der Waals surface area contributed by atoms with E-state index < -0.39 is 16.4 Å². The summed E-state index contributed by atoms with van der Waals surface area (Å²) in [5, 5.41) is 10.6. The number of non-ortho nitro benzene ring substituents is 1. The Morgan fingerprint density at radius 2 is 2.00 bits per heavy atom. The predicted molar refractivity (Wildman–Crippen MR) is 68.0 cm³/mol. The summed E-state index contributed by atoms with van der Waals surface area (Å²) in [5.74, 6) is -0.411. The maximum Gasteiger partial charge on any atom is 0.278 e. The first-order chi connectivity index (χ1) is 8.74. The Labute approximate surface area is 110 Å². The topological polar surface area (TPSA) is 90.7 Å². The fraction of sp³-hybridized carbons (Fsp3) is 0.417. The van der Waals surface area contributed by atoms with Crippen molar-refractivity contribution in [2.45, 2.75) is 26.4 Å². The zero-order chi connectivity index (χ0) is 14.6. The number of nitro benzene ring substituents is 1. The molecule has 1 rings (SSSR count). The monoisotopic (exact) mass is 268 g/mol. The number of nitro groups is 1. The van der Waals surface area contributed by atoms with E-state index in [9.17, 15) is 14.9 Å². The van der Waals surface area contributed by atoms with Crippen LogP contribution in [0.3, 0.4) is 0 Å². The highest BCUT2D eigenvalue weighted by Gasteiger charge is 2.19. The average molecular weight is 268 g/mol. The van der Waals surface area contributed by atoms with Crippen molar-refractivity contribution in [3.63, 3.8) is 0 Å². The third-order valence-electron chi connectivity index (χ3n) is 2.09. The highest BCUT2D eigenvalue weighted by Crippen LogP contribution is 2.24. The van der Waals surface area contributed by atoms with Crippen molar-refractivity contribution in [1.29, 1.82) is 0 Å². The van der Waals surface area contributed by atoms with Gasteiger partial charge in [-0.2, -0.15) is 0 Å². The number of hydroxylamine groups is 1. The van der Waals surface area contributed by atoms with E-state index in [4.69, 9.17) is 9.57 Å². The van der Waals surface area contributed by atoms with Crippen LogP contribution in [-0.2, 0) is 4.84 Å². The van der Waals surface area contributed by atoms with Crippen LogP contribution in [0.25, 0.3) is 0 Å². The fourth-order valence-electron chi connectivity index (χ4n) is 1.24. The third-order valence-corrected chi connectivity index (χ3v) is 2.09. The van der Waals surface area contributed by atoms with Crippen LogP contribution in [0.15, 0.2) is 18.2 Å². The van der Waals surface area contributed by atoms with Gasteiger partial charge in [0.2, 0.25) is 0 Å². The number of amides is 1. The maximum absolute atomic E-state index is 11.9. The number of nitrogens with one attached hydrogen (secondary N) is 1. The van der Waals surface area contributed by atoms with Crippen LogP contribution >= 0.6 is 0 Å². The Bertz CT molecular complexity index is 493. The summed E-state index contributed by atoms with van der Waals surface area (Å²) in [6, 6.07) is 3.73. The molecule has 0 spiro atoms. The van der Waals surface area contributed by atoms with Gasteiger partial charge in [-0.05, 0) is 26.8 Å². The first-order valence-corrected chi connectivity index (χ1v) is 5.55. The molecule has 0 aliphatic rings. The van der Waals surface area contributed by atoms with Gasteiger partial charge in [0.15, 0.2) is 0 Å². The van der Waals surface area contributed by atoms with Crippen LogP contribution in [0, 0.1) is 10.1 Å². The normalized spacial score (nSPS) is 10.9. The molecule has 1 aromatic rings. The quantitative estimate of drug-likeness (QED) is 0.666. The lowest BCUT2D eigenvalue weighted by Crippen LogP contribution is -2.33. The average Bonchev–Trinajstić information content (AvgIpc) is 2.34. The molecular formula is C12H16N2O5. The number of nitrogens with zero attached hydrogens (tertiary/aromatic N) is 1.